The van der Waals surface area contributed by atoms with Gasteiger partial charge in [-0.3, -0.25) is 9.59 Å². The van der Waals surface area contributed by atoms with Crippen molar-refractivity contribution in [2.75, 3.05) is 14.2 Å². The summed E-state index contributed by atoms with van der Waals surface area (Å²) in [7, 11) is 2.49. The van der Waals surface area contributed by atoms with Crippen LogP contribution in [-0.4, -0.2) is 38.1 Å². The summed E-state index contributed by atoms with van der Waals surface area (Å²) < 4.78 is 9.03. The SMILES string of the molecule is COC(=O)C[C@H](C)[C@H](NC(C)=O)C(=O)OC. The van der Waals surface area contributed by atoms with Gasteiger partial charge >= 0.3 is 11.9 Å². The average molecular weight is 231 g/mol. The van der Waals surface area contributed by atoms with Gasteiger partial charge in [0.15, 0.2) is 0 Å². The fourth-order valence-electron chi connectivity index (χ4n) is 1.24. The Bertz CT molecular complexity index is 276. The minimum atomic E-state index is -0.832. The zero-order valence-electron chi connectivity index (χ0n) is 9.90. The van der Waals surface area contributed by atoms with E-state index in [1.165, 1.54) is 21.1 Å². The number of hydrogen-bond acceptors (Lipinski definition) is 5. The third-order valence-electron chi connectivity index (χ3n) is 2.10. The van der Waals surface area contributed by atoms with E-state index in [1.807, 2.05) is 0 Å². The first-order valence-electron chi connectivity index (χ1n) is 4.84. The van der Waals surface area contributed by atoms with Gasteiger partial charge < -0.3 is 14.8 Å². The van der Waals surface area contributed by atoms with Crippen LogP contribution >= 0.6 is 0 Å². The molecule has 0 saturated heterocycles. The summed E-state index contributed by atoms with van der Waals surface area (Å²) in [5.41, 5.74) is 0. The molecule has 0 aromatic carbocycles. The molecule has 0 bridgehead atoms. The maximum atomic E-state index is 11.4. The number of nitrogens with one attached hydrogen (secondary N) is 1. The van der Waals surface area contributed by atoms with Gasteiger partial charge in [0.1, 0.15) is 6.04 Å². The molecule has 0 saturated carbocycles. The molecule has 0 radical (unpaired) electrons. The lowest BCUT2D eigenvalue weighted by molar-refractivity contribution is -0.148. The van der Waals surface area contributed by atoms with Gasteiger partial charge in [0.25, 0.3) is 0 Å². The Labute approximate surface area is 94.3 Å². The van der Waals surface area contributed by atoms with Crippen molar-refractivity contribution in [2.24, 2.45) is 5.92 Å². The highest BCUT2D eigenvalue weighted by Crippen LogP contribution is 2.10. The van der Waals surface area contributed by atoms with Crippen LogP contribution in [0.15, 0.2) is 0 Å². The van der Waals surface area contributed by atoms with Crippen LogP contribution in [-0.2, 0) is 23.9 Å². The summed E-state index contributed by atoms with van der Waals surface area (Å²) in [6, 6.07) is -0.832. The number of hydrogen-bond donors (Lipinski definition) is 1. The molecule has 0 fully saturated rings. The van der Waals surface area contributed by atoms with E-state index in [0.29, 0.717) is 0 Å². The lowest BCUT2D eigenvalue weighted by atomic mass is 9.98. The van der Waals surface area contributed by atoms with Crippen molar-refractivity contribution in [3.8, 4) is 0 Å². The van der Waals surface area contributed by atoms with E-state index in [4.69, 9.17) is 0 Å². The van der Waals surface area contributed by atoms with Crippen molar-refractivity contribution in [3.63, 3.8) is 0 Å². The van der Waals surface area contributed by atoms with Gasteiger partial charge in [0, 0.05) is 6.92 Å². The Morgan fingerprint density at radius 1 is 1.19 bits per heavy atom. The number of carbonyl (C=O) groups excluding carboxylic acids is 3. The summed E-state index contributed by atoms with van der Waals surface area (Å²) in [5.74, 6) is -1.76. The molecule has 0 aromatic rings. The van der Waals surface area contributed by atoms with E-state index >= 15 is 0 Å². The van der Waals surface area contributed by atoms with Gasteiger partial charge in [0.05, 0.1) is 20.6 Å². The molecule has 0 heterocycles. The summed E-state index contributed by atoms with van der Waals surface area (Å²) in [6.07, 6.45) is 0.0382. The predicted octanol–water partition coefficient (Wildman–Crippen LogP) is -0.137. The zero-order chi connectivity index (χ0) is 12.7. The average Bonchev–Trinajstić information content (AvgIpc) is 2.24. The summed E-state index contributed by atoms with van der Waals surface area (Å²) in [6.45, 7) is 2.95. The molecule has 0 aliphatic carbocycles. The molecule has 0 aromatic heterocycles. The van der Waals surface area contributed by atoms with Crippen molar-refractivity contribution < 1.29 is 23.9 Å². The highest BCUT2D eigenvalue weighted by Gasteiger charge is 2.28. The molecule has 1 amide bonds. The third kappa shape index (κ3) is 4.77. The lowest BCUT2D eigenvalue weighted by Gasteiger charge is -2.21. The van der Waals surface area contributed by atoms with Gasteiger partial charge in [-0.25, -0.2) is 4.79 Å². The molecular formula is C10H17NO5. The van der Waals surface area contributed by atoms with Gasteiger partial charge in [0.2, 0.25) is 5.91 Å². The van der Waals surface area contributed by atoms with Crippen LogP contribution in [0, 0.1) is 5.92 Å². The number of carbonyl (C=O) groups is 3. The second kappa shape index (κ2) is 6.81. The van der Waals surface area contributed by atoms with E-state index in [-0.39, 0.29) is 18.2 Å². The van der Waals surface area contributed by atoms with Gasteiger partial charge in [-0.05, 0) is 5.92 Å². The standard InChI is InChI=1S/C10H17NO5/c1-6(5-8(13)15-3)9(10(14)16-4)11-7(2)12/h6,9H,5H2,1-4H3,(H,11,12)/t6-,9-/m0/s1. The maximum Gasteiger partial charge on any atom is 0.328 e. The van der Waals surface area contributed by atoms with E-state index in [2.05, 4.69) is 14.8 Å². The minimum Gasteiger partial charge on any atom is -0.469 e. The van der Waals surface area contributed by atoms with Crippen LogP contribution in [0.4, 0.5) is 0 Å². The van der Waals surface area contributed by atoms with Crippen molar-refractivity contribution in [1.82, 2.24) is 5.32 Å². The number of esters is 2. The molecule has 6 heteroatoms. The minimum absolute atomic E-state index is 0.0382. The molecule has 0 rings (SSSR count). The highest BCUT2D eigenvalue weighted by atomic mass is 16.5. The van der Waals surface area contributed by atoms with Crippen molar-refractivity contribution in [1.29, 1.82) is 0 Å². The fraction of sp³-hybridized carbons (Fsp3) is 0.700. The Morgan fingerprint density at radius 3 is 2.12 bits per heavy atom. The Balaban J connectivity index is 4.55. The lowest BCUT2D eigenvalue weighted by Crippen LogP contribution is -2.45. The van der Waals surface area contributed by atoms with Crippen LogP contribution in [0.2, 0.25) is 0 Å². The summed E-state index contributed by atoms with van der Waals surface area (Å²) in [4.78, 5) is 33.3. The van der Waals surface area contributed by atoms with Crippen LogP contribution < -0.4 is 5.32 Å². The summed E-state index contributed by atoms with van der Waals surface area (Å²) in [5, 5.41) is 2.44. The number of ether oxygens (including phenoxy) is 2. The van der Waals surface area contributed by atoms with Crippen LogP contribution in [0.1, 0.15) is 20.3 Å². The first kappa shape index (κ1) is 14.4. The highest BCUT2D eigenvalue weighted by molar-refractivity contribution is 5.84. The molecule has 0 spiro atoms. The second-order valence-corrected chi connectivity index (χ2v) is 3.46. The van der Waals surface area contributed by atoms with Crippen molar-refractivity contribution >= 4 is 17.8 Å². The predicted molar refractivity (Wildman–Crippen MR) is 55.4 cm³/mol. The maximum absolute atomic E-state index is 11.4. The quantitative estimate of drug-likeness (QED) is 0.666. The Kier molecular flexibility index (Phi) is 6.14. The largest absolute Gasteiger partial charge is 0.469 e. The molecule has 2 atom stereocenters. The topological polar surface area (TPSA) is 81.7 Å². The number of methoxy groups -OCH3 is 2. The van der Waals surface area contributed by atoms with Crippen molar-refractivity contribution in [3.05, 3.63) is 0 Å². The molecule has 0 aliphatic rings. The molecular weight excluding hydrogens is 214 g/mol. The van der Waals surface area contributed by atoms with Crippen LogP contribution in [0.25, 0.3) is 0 Å². The first-order valence-corrected chi connectivity index (χ1v) is 4.84. The summed E-state index contributed by atoms with van der Waals surface area (Å²) >= 11 is 0. The van der Waals surface area contributed by atoms with E-state index in [9.17, 15) is 14.4 Å². The molecule has 6 nitrogen and oxygen atoms in total. The van der Waals surface area contributed by atoms with Gasteiger partial charge in [-0.1, -0.05) is 6.92 Å². The Hall–Kier alpha value is -1.59. The monoisotopic (exact) mass is 231 g/mol. The van der Waals surface area contributed by atoms with Crippen molar-refractivity contribution in [2.45, 2.75) is 26.3 Å². The molecule has 92 valence electrons. The number of amides is 1. The Morgan fingerprint density at radius 2 is 1.75 bits per heavy atom. The molecule has 1 N–H and O–H groups in total. The number of rotatable bonds is 5. The molecule has 0 aliphatic heterocycles. The smallest absolute Gasteiger partial charge is 0.328 e. The third-order valence-corrected chi connectivity index (χ3v) is 2.10. The zero-order valence-corrected chi connectivity index (χ0v) is 9.90. The first-order chi connectivity index (χ1) is 7.42. The fourth-order valence-corrected chi connectivity index (χ4v) is 1.24. The van der Waals surface area contributed by atoms with Gasteiger partial charge in [-0.15, -0.1) is 0 Å². The van der Waals surface area contributed by atoms with E-state index in [1.54, 1.807) is 6.92 Å². The van der Waals surface area contributed by atoms with Gasteiger partial charge in [-0.2, -0.15) is 0 Å². The molecule has 16 heavy (non-hydrogen) atoms. The van der Waals surface area contributed by atoms with E-state index in [0.717, 1.165) is 0 Å². The van der Waals surface area contributed by atoms with Crippen LogP contribution in [0.3, 0.4) is 0 Å². The second-order valence-electron chi connectivity index (χ2n) is 3.46. The molecule has 0 unspecified atom stereocenters. The van der Waals surface area contributed by atoms with Crippen LogP contribution in [0.5, 0.6) is 0 Å². The van der Waals surface area contributed by atoms with E-state index < -0.39 is 18.0 Å². The normalized spacial score (nSPS) is 13.5.